The molecule has 0 saturated carbocycles. The normalized spacial score (nSPS) is 35.9. The van der Waals surface area contributed by atoms with Crippen LogP contribution in [-0.2, 0) is 0 Å². The van der Waals surface area contributed by atoms with E-state index in [0.29, 0.717) is 13.0 Å². The summed E-state index contributed by atoms with van der Waals surface area (Å²) in [6, 6.07) is 0. The molecule has 0 aromatic heterocycles. The SMILES string of the molecule is OCC12CCCN1C/C(=C\C(F)F)C2. The summed E-state index contributed by atoms with van der Waals surface area (Å²) in [6.45, 7) is 1.64. The van der Waals surface area contributed by atoms with Gasteiger partial charge < -0.3 is 5.11 Å². The Kier molecular flexibility index (Phi) is 2.58. The summed E-state index contributed by atoms with van der Waals surface area (Å²) >= 11 is 0. The van der Waals surface area contributed by atoms with E-state index in [2.05, 4.69) is 4.90 Å². The van der Waals surface area contributed by atoms with Gasteiger partial charge in [0.15, 0.2) is 0 Å². The number of allylic oxidation sites excluding steroid dienone is 1. The Labute approximate surface area is 82.2 Å². The Hall–Kier alpha value is -0.480. The maximum Gasteiger partial charge on any atom is 0.257 e. The quantitative estimate of drug-likeness (QED) is 0.686. The second kappa shape index (κ2) is 3.59. The Bertz CT molecular complexity index is 255. The summed E-state index contributed by atoms with van der Waals surface area (Å²) in [6.07, 6.45) is 1.30. The van der Waals surface area contributed by atoms with Crippen molar-refractivity contribution < 1.29 is 13.9 Å². The average molecular weight is 203 g/mol. The van der Waals surface area contributed by atoms with Crippen LogP contribution in [0.2, 0.25) is 0 Å². The van der Waals surface area contributed by atoms with E-state index in [1.807, 2.05) is 0 Å². The van der Waals surface area contributed by atoms with E-state index in [4.69, 9.17) is 0 Å². The monoisotopic (exact) mass is 203 g/mol. The fraction of sp³-hybridized carbons (Fsp3) is 0.800. The molecule has 2 heterocycles. The van der Waals surface area contributed by atoms with Gasteiger partial charge in [-0.05, 0) is 31.9 Å². The van der Waals surface area contributed by atoms with Gasteiger partial charge in [0.05, 0.1) is 6.61 Å². The number of alkyl halides is 2. The van der Waals surface area contributed by atoms with Gasteiger partial charge in [-0.15, -0.1) is 0 Å². The molecular formula is C10H15F2NO. The van der Waals surface area contributed by atoms with E-state index in [9.17, 15) is 13.9 Å². The van der Waals surface area contributed by atoms with Crippen molar-refractivity contribution in [3.8, 4) is 0 Å². The minimum absolute atomic E-state index is 0.0909. The maximum absolute atomic E-state index is 12.1. The van der Waals surface area contributed by atoms with Gasteiger partial charge in [0.25, 0.3) is 6.43 Å². The Morgan fingerprint density at radius 2 is 2.36 bits per heavy atom. The number of halogens is 2. The zero-order chi connectivity index (χ0) is 10.2. The van der Waals surface area contributed by atoms with Crippen LogP contribution in [0.1, 0.15) is 19.3 Å². The zero-order valence-corrected chi connectivity index (χ0v) is 8.05. The molecule has 2 fully saturated rings. The molecule has 0 aliphatic carbocycles. The van der Waals surface area contributed by atoms with E-state index in [1.165, 1.54) is 0 Å². The molecule has 0 aromatic rings. The van der Waals surface area contributed by atoms with Crippen molar-refractivity contribution in [1.29, 1.82) is 0 Å². The number of hydrogen-bond donors (Lipinski definition) is 1. The van der Waals surface area contributed by atoms with Crippen LogP contribution >= 0.6 is 0 Å². The molecule has 4 heteroatoms. The van der Waals surface area contributed by atoms with E-state index in [-0.39, 0.29) is 12.1 Å². The Morgan fingerprint density at radius 3 is 2.93 bits per heavy atom. The lowest BCUT2D eigenvalue weighted by molar-refractivity contribution is 0.0999. The van der Waals surface area contributed by atoms with Crippen molar-refractivity contribution in [3.05, 3.63) is 11.6 Å². The van der Waals surface area contributed by atoms with Gasteiger partial charge in [-0.2, -0.15) is 0 Å². The Morgan fingerprint density at radius 1 is 1.57 bits per heavy atom. The third-order valence-electron chi connectivity index (χ3n) is 3.35. The highest BCUT2D eigenvalue weighted by atomic mass is 19.3. The lowest BCUT2D eigenvalue weighted by Crippen LogP contribution is -2.41. The van der Waals surface area contributed by atoms with Crippen molar-refractivity contribution >= 4 is 0 Å². The van der Waals surface area contributed by atoms with Crippen molar-refractivity contribution in [2.75, 3.05) is 19.7 Å². The van der Waals surface area contributed by atoms with E-state index in [1.54, 1.807) is 0 Å². The molecule has 0 amide bonds. The van der Waals surface area contributed by atoms with Crippen molar-refractivity contribution in [2.24, 2.45) is 0 Å². The summed E-state index contributed by atoms with van der Waals surface area (Å²) in [5.74, 6) is 0. The second-order valence-corrected chi connectivity index (χ2v) is 4.24. The summed E-state index contributed by atoms with van der Waals surface area (Å²) < 4.78 is 24.3. The number of aliphatic hydroxyl groups is 1. The average Bonchev–Trinajstić information content (AvgIpc) is 2.59. The first-order valence-electron chi connectivity index (χ1n) is 5.00. The molecule has 0 aromatic carbocycles. The minimum Gasteiger partial charge on any atom is -0.394 e. The van der Waals surface area contributed by atoms with Crippen LogP contribution in [0.3, 0.4) is 0 Å². The molecule has 2 aliphatic rings. The number of rotatable bonds is 2. The topological polar surface area (TPSA) is 23.5 Å². The van der Waals surface area contributed by atoms with Crippen LogP contribution in [0.5, 0.6) is 0 Å². The van der Waals surface area contributed by atoms with E-state index >= 15 is 0 Å². The lowest BCUT2D eigenvalue weighted by Gasteiger charge is -2.28. The predicted molar refractivity (Wildman–Crippen MR) is 49.3 cm³/mol. The molecule has 2 aliphatic heterocycles. The van der Waals surface area contributed by atoms with Crippen LogP contribution in [0, 0.1) is 0 Å². The second-order valence-electron chi connectivity index (χ2n) is 4.24. The predicted octanol–water partition coefficient (Wildman–Crippen LogP) is 1.41. The highest BCUT2D eigenvalue weighted by molar-refractivity contribution is 5.21. The molecule has 2 nitrogen and oxygen atoms in total. The number of hydrogen-bond acceptors (Lipinski definition) is 2. The van der Waals surface area contributed by atoms with Gasteiger partial charge in [-0.1, -0.05) is 5.57 Å². The van der Waals surface area contributed by atoms with Gasteiger partial charge in [0.2, 0.25) is 0 Å². The van der Waals surface area contributed by atoms with Gasteiger partial charge >= 0.3 is 0 Å². The zero-order valence-electron chi connectivity index (χ0n) is 8.05. The molecule has 1 atom stereocenters. The third kappa shape index (κ3) is 1.57. The van der Waals surface area contributed by atoms with Gasteiger partial charge in [0.1, 0.15) is 0 Å². The van der Waals surface area contributed by atoms with Crippen molar-refractivity contribution in [1.82, 2.24) is 4.90 Å². The number of nitrogens with zero attached hydrogens (tertiary/aromatic N) is 1. The third-order valence-corrected chi connectivity index (χ3v) is 3.35. The summed E-state index contributed by atoms with van der Waals surface area (Å²) in [4.78, 5) is 2.14. The number of fused-ring (bicyclic) bond motifs is 1. The van der Waals surface area contributed by atoms with Crippen LogP contribution in [0.25, 0.3) is 0 Å². The summed E-state index contributed by atoms with van der Waals surface area (Å²) in [7, 11) is 0. The summed E-state index contributed by atoms with van der Waals surface area (Å²) in [5, 5.41) is 9.32. The molecule has 14 heavy (non-hydrogen) atoms. The molecule has 80 valence electrons. The number of aliphatic hydroxyl groups excluding tert-OH is 1. The fourth-order valence-corrected chi connectivity index (χ4v) is 2.69. The molecule has 0 spiro atoms. The fourth-order valence-electron chi connectivity index (χ4n) is 2.69. The van der Waals surface area contributed by atoms with E-state index in [0.717, 1.165) is 31.0 Å². The highest BCUT2D eigenvalue weighted by Crippen LogP contribution is 2.40. The first-order chi connectivity index (χ1) is 6.66. The maximum atomic E-state index is 12.1. The van der Waals surface area contributed by atoms with E-state index < -0.39 is 6.43 Å². The van der Waals surface area contributed by atoms with Crippen molar-refractivity contribution in [3.63, 3.8) is 0 Å². The van der Waals surface area contributed by atoms with Crippen LogP contribution in [0.15, 0.2) is 11.6 Å². The summed E-state index contributed by atoms with van der Waals surface area (Å²) in [5.41, 5.74) is 0.578. The smallest absolute Gasteiger partial charge is 0.257 e. The van der Waals surface area contributed by atoms with Gasteiger partial charge in [-0.3, -0.25) is 4.90 Å². The molecular weight excluding hydrogens is 188 g/mol. The first-order valence-corrected chi connectivity index (χ1v) is 5.00. The molecule has 2 saturated heterocycles. The van der Waals surface area contributed by atoms with Crippen molar-refractivity contribution in [2.45, 2.75) is 31.2 Å². The molecule has 1 unspecified atom stereocenters. The van der Waals surface area contributed by atoms with Crippen LogP contribution < -0.4 is 0 Å². The molecule has 2 rings (SSSR count). The first kappa shape index (κ1) is 10.1. The minimum atomic E-state index is -2.36. The van der Waals surface area contributed by atoms with Crippen LogP contribution in [0.4, 0.5) is 8.78 Å². The highest BCUT2D eigenvalue weighted by Gasteiger charge is 2.45. The Balaban J connectivity index is 2.12. The largest absolute Gasteiger partial charge is 0.394 e. The van der Waals surface area contributed by atoms with Crippen LogP contribution in [-0.4, -0.2) is 41.7 Å². The molecule has 0 radical (unpaired) electrons. The molecule has 0 bridgehead atoms. The lowest BCUT2D eigenvalue weighted by atomic mass is 9.93. The van der Waals surface area contributed by atoms with Gasteiger partial charge in [0, 0.05) is 12.1 Å². The standard InChI is InChI=1S/C10H15F2NO/c11-9(12)4-8-5-10(7-14)2-1-3-13(10)6-8/h4,9,14H,1-3,5-7H2/b8-4-. The van der Waals surface area contributed by atoms with Gasteiger partial charge in [-0.25, -0.2) is 8.78 Å². The molecule has 1 N–H and O–H groups in total.